The Morgan fingerprint density at radius 2 is 2.29 bits per heavy atom. The minimum atomic E-state index is -0.297. The van der Waals surface area contributed by atoms with E-state index in [2.05, 4.69) is 24.4 Å². The lowest BCUT2D eigenvalue weighted by Crippen LogP contribution is -2.21. The van der Waals surface area contributed by atoms with Gasteiger partial charge in [-0.3, -0.25) is 0 Å². The minimum Gasteiger partial charge on any atom is -0.482 e. The fourth-order valence-electron chi connectivity index (χ4n) is 2.69. The van der Waals surface area contributed by atoms with E-state index in [0.29, 0.717) is 12.6 Å². The molecule has 0 spiro atoms. The second-order valence-corrected chi connectivity index (χ2v) is 5.46. The largest absolute Gasteiger partial charge is 0.482 e. The van der Waals surface area contributed by atoms with Crippen LogP contribution in [0.25, 0.3) is 0 Å². The topological polar surface area (TPSA) is 47.6 Å². The van der Waals surface area contributed by atoms with Crippen LogP contribution in [0.4, 0.5) is 0 Å². The van der Waals surface area contributed by atoms with Crippen molar-refractivity contribution >= 4 is 5.97 Å². The third-order valence-electron chi connectivity index (χ3n) is 3.89. The highest BCUT2D eigenvalue weighted by Gasteiger charge is 2.19. The van der Waals surface area contributed by atoms with E-state index in [1.165, 1.54) is 24.0 Å². The van der Waals surface area contributed by atoms with E-state index in [4.69, 9.17) is 9.47 Å². The molecule has 0 amide bonds. The van der Waals surface area contributed by atoms with Gasteiger partial charge in [0.15, 0.2) is 6.61 Å². The van der Waals surface area contributed by atoms with Crippen LogP contribution in [0, 0.1) is 0 Å². The van der Waals surface area contributed by atoms with Crippen LogP contribution in [0.1, 0.15) is 49.8 Å². The van der Waals surface area contributed by atoms with Crippen LogP contribution in [0.3, 0.4) is 0 Å². The summed E-state index contributed by atoms with van der Waals surface area (Å²) < 4.78 is 10.6. The molecule has 4 heteroatoms. The Balaban J connectivity index is 1.89. The Morgan fingerprint density at radius 3 is 3.05 bits per heavy atom. The van der Waals surface area contributed by atoms with E-state index >= 15 is 0 Å². The molecule has 1 aromatic carbocycles. The van der Waals surface area contributed by atoms with Gasteiger partial charge >= 0.3 is 5.97 Å². The number of rotatable bonds is 7. The molecule has 1 aromatic rings. The van der Waals surface area contributed by atoms with Crippen molar-refractivity contribution in [3.8, 4) is 5.75 Å². The first kappa shape index (κ1) is 15.8. The SMILES string of the molecule is CCCCOC(=O)COc1ccc2c(c1)CCCC2NC. The van der Waals surface area contributed by atoms with Gasteiger partial charge in [-0.25, -0.2) is 4.79 Å². The highest BCUT2D eigenvalue weighted by atomic mass is 16.6. The fourth-order valence-corrected chi connectivity index (χ4v) is 2.69. The summed E-state index contributed by atoms with van der Waals surface area (Å²) in [5, 5.41) is 3.34. The average Bonchev–Trinajstić information content (AvgIpc) is 2.52. The highest BCUT2D eigenvalue weighted by molar-refractivity contribution is 5.71. The number of aryl methyl sites for hydroxylation is 1. The lowest BCUT2D eigenvalue weighted by molar-refractivity contribution is -0.146. The number of hydrogen-bond acceptors (Lipinski definition) is 4. The molecule has 0 bridgehead atoms. The number of unbranched alkanes of at least 4 members (excludes halogenated alkanes) is 1. The summed E-state index contributed by atoms with van der Waals surface area (Å²) in [4.78, 5) is 11.5. The van der Waals surface area contributed by atoms with E-state index in [9.17, 15) is 4.79 Å². The van der Waals surface area contributed by atoms with Crippen molar-refractivity contribution in [2.45, 2.75) is 45.1 Å². The van der Waals surface area contributed by atoms with Gasteiger partial charge in [-0.15, -0.1) is 0 Å². The summed E-state index contributed by atoms with van der Waals surface area (Å²) in [5.74, 6) is 0.451. The second-order valence-electron chi connectivity index (χ2n) is 5.46. The van der Waals surface area contributed by atoms with Crippen molar-refractivity contribution in [2.24, 2.45) is 0 Å². The highest BCUT2D eigenvalue weighted by Crippen LogP contribution is 2.31. The third kappa shape index (κ3) is 4.46. The molecule has 1 atom stereocenters. The number of benzene rings is 1. The average molecular weight is 291 g/mol. The van der Waals surface area contributed by atoms with E-state index in [1.807, 2.05) is 13.1 Å². The van der Waals surface area contributed by atoms with Gasteiger partial charge in [-0.2, -0.15) is 0 Å². The van der Waals surface area contributed by atoms with Crippen molar-refractivity contribution in [3.63, 3.8) is 0 Å². The molecule has 0 aromatic heterocycles. The van der Waals surface area contributed by atoms with E-state index in [1.54, 1.807) is 0 Å². The van der Waals surface area contributed by atoms with Gasteiger partial charge in [0.25, 0.3) is 0 Å². The molecular weight excluding hydrogens is 266 g/mol. The van der Waals surface area contributed by atoms with Gasteiger partial charge in [-0.05, 0) is 56.0 Å². The first-order chi connectivity index (χ1) is 10.2. The molecule has 4 nitrogen and oxygen atoms in total. The molecule has 0 fully saturated rings. The van der Waals surface area contributed by atoms with Gasteiger partial charge in [-0.1, -0.05) is 19.4 Å². The molecular formula is C17H25NO3. The first-order valence-corrected chi connectivity index (χ1v) is 7.83. The van der Waals surface area contributed by atoms with Crippen LogP contribution in [0.15, 0.2) is 18.2 Å². The fraction of sp³-hybridized carbons (Fsp3) is 0.588. The molecule has 1 unspecified atom stereocenters. The number of carbonyl (C=O) groups is 1. The van der Waals surface area contributed by atoms with E-state index in [0.717, 1.165) is 25.0 Å². The molecule has 0 radical (unpaired) electrons. The van der Waals surface area contributed by atoms with Gasteiger partial charge in [0.2, 0.25) is 0 Å². The molecule has 1 aliphatic rings. The quantitative estimate of drug-likeness (QED) is 0.619. The molecule has 1 N–H and O–H groups in total. The van der Waals surface area contributed by atoms with Crippen LogP contribution in [-0.4, -0.2) is 26.2 Å². The van der Waals surface area contributed by atoms with Crippen LogP contribution in [0.5, 0.6) is 5.75 Å². The van der Waals surface area contributed by atoms with Crippen LogP contribution in [-0.2, 0) is 16.0 Å². The Hall–Kier alpha value is -1.55. The van der Waals surface area contributed by atoms with Crippen molar-refractivity contribution in [3.05, 3.63) is 29.3 Å². The zero-order valence-corrected chi connectivity index (χ0v) is 13.0. The zero-order valence-electron chi connectivity index (χ0n) is 13.0. The predicted octanol–water partition coefficient (Wildman–Crippen LogP) is 3.01. The number of ether oxygens (including phenoxy) is 2. The maximum absolute atomic E-state index is 11.5. The summed E-state index contributed by atoms with van der Waals surface area (Å²) in [6.07, 6.45) is 5.35. The second kappa shape index (κ2) is 8.03. The zero-order chi connectivity index (χ0) is 15.1. The minimum absolute atomic E-state index is 0.0159. The third-order valence-corrected chi connectivity index (χ3v) is 3.89. The number of fused-ring (bicyclic) bond motifs is 1. The molecule has 0 saturated carbocycles. The molecule has 1 aliphatic carbocycles. The lowest BCUT2D eigenvalue weighted by atomic mass is 9.87. The molecule has 2 rings (SSSR count). The Bertz CT molecular complexity index is 473. The van der Waals surface area contributed by atoms with E-state index < -0.39 is 0 Å². The van der Waals surface area contributed by atoms with Gasteiger partial charge in [0.1, 0.15) is 5.75 Å². The normalized spacial score (nSPS) is 17.1. The van der Waals surface area contributed by atoms with Gasteiger partial charge in [0, 0.05) is 6.04 Å². The smallest absolute Gasteiger partial charge is 0.344 e. The Morgan fingerprint density at radius 1 is 1.43 bits per heavy atom. The molecule has 0 saturated heterocycles. The maximum atomic E-state index is 11.5. The summed E-state index contributed by atoms with van der Waals surface area (Å²) in [7, 11) is 2.00. The molecule has 0 aliphatic heterocycles. The van der Waals surface area contributed by atoms with Crippen molar-refractivity contribution in [1.29, 1.82) is 0 Å². The van der Waals surface area contributed by atoms with E-state index in [-0.39, 0.29) is 12.6 Å². The van der Waals surface area contributed by atoms with Gasteiger partial charge in [0.05, 0.1) is 6.61 Å². The summed E-state index contributed by atoms with van der Waals surface area (Å²) >= 11 is 0. The predicted molar refractivity (Wildman–Crippen MR) is 82.5 cm³/mol. The van der Waals surface area contributed by atoms with Crippen LogP contribution < -0.4 is 10.1 Å². The van der Waals surface area contributed by atoms with Gasteiger partial charge < -0.3 is 14.8 Å². The Kier molecular flexibility index (Phi) is 6.05. The first-order valence-electron chi connectivity index (χ1n) is 7.83. The van der Waals surface area contributed by atoms with Crippen LogP contribution >= 0.6 is 0 Å². The summed E-state index contributed by atoms with van der Waals surface area (Å²) in [6, 6.07) is 6.53. The maximum Gasteiger partial charge on any atom is 0.344 e. The number of hydrogen-bond donors (Lipinski definition) is 1. The summed E-state index contributed by atoms with van der Waals surface area (Å²) in [6.45, 7) is 2.53. The number of nitrogens with one attached hydrogen (secondary N) is 1. The molecule has 0 heterocycles. The molecule has 116 valence electrons. The number of carbonyl (C=O) groups excluding carboxylic acids is 1. The monoisotopic (exact) mass is 291 g/mol. The molecule has 21 heavy (non-hydrogen) atoms. The Labute approximate surface area is 126 Å². The van der Waals surface area contributed by atoms with Crippen LogP contribution in [0.2, 0.25) is 0 Å². The van der Waals surface area contributed by atoms with Crippen molar-refractivity contribution in [2.75, 3.05) is 20.3 Å². The van der Waals surface area contributed by atoms with Crippen molar-refractivity contribution < 1.29 is 14.3 Å². The standard InChI is InChI=1S/C17H25NO3/c1-3-4-10-20-17(19)12-21-14-8-9-15-13(11-14)6-5-7-16(15)18-2/h8-9,11,16,18H,3-7,10,12H2,1-2H3. The summed E-state index contributed by atoms with van der Waals surface area (Å²) in [5.41, 5.74) is 2.67. The lowest BCUT2D eigenvalue weighted by Gasteiger charge is -2.25. The number of esters is 1. The van der Waals surface area contributed by atoms with Crippen molar-refractivity contribution in [1.82, 2.24) is 5.32 Å².